The number of carbonyl (C=O) groups excluding carboxylic acids is 2. The van der Waals surface area contributed by atoms with Crippen LogP contribution in [0.3, 0.4) is 0 Å². The Balaban J connectivity index is 1.48. The second-order valence-corrected chi connectivity index (χ2v) is 8.03. The Kier molecular flexibility index (Phi) is 11.3. The van der Waals surface area contributed by atoms with Gasteiger partial charge in [-0.1, -0.05) is 73.9 Å². The number of rotatable bonds is 14. The minimum absolute atomic E-state index is 0.135. The monoisotopic (exact) mass is 528 g/mol. The summed E-state index contributed by atoms with van der Waals surface area (Å²) in [6.45, 7) is 7.41. The molecule has 0 fully saturated rings. The molecule has 0 atom stereocenters. The van der Waals surface area contributed by atoms with Crippen LogP contribution in [0.1, 0.15) is 22.3 Å². The van der Waals surface area contributed by atoms with Gasteiger partial charge in [-0.3, -0.25) is 0 Å². The minimum Gasteiger partial charge on any atom is -0.490 e. The van der Waals surface area contributed by atoms with Gasteiger partial charge in [0.15, 0.2) is 0 Å². The average Bonchev–Trinajstić information content (AvgIpc) is 2.96. The second-order valence-electron chi connectivity index (χ2n) is 8.03. The molecule has 0 aliphatic heterocycles. The van der Waals surface area contributed by atoms with E-state index < -0.39 is 11.9 Å². The maximum atomic E-state index is 14.7. The lowest BCUT2D eigenvalue weighted by molar-refractivity contribution is -0.139. The molecule has 3 rings (SSSR count). The van der Waals surface area contributed by atoms with Crippen molar-refractivity contribution < 1.29 is 32.9 Å². The number of halogens is 1. The zero-order valence-electron chi connectivity index (χ0n) is 21.4. The fraction of sp³-hybridized carbons (Fsp3) is 0.125. The van der Waals surface area contributed by atoms with E-state index in [1.165, 1.54) is 6.07 Å². The predicted molar refractivity (Wildman–Crippen MR) is 150 cm³/mol. The third-order valence-electron chi connectivity index (χ3n) is 5.23. The van der Waals surface area contributed by atoms with Crippen LogP contribution in [0.25, 0.3) is 24.3 Å². The van der Waals surface area contributed by atoms with E-state index in [1.807, 2.05) is 60.7 Å². The van der Waals surface area contributed by atoms with Crippen LogP contribution in [0.2, 0.25) is 0 Å². The largest absolute Gasteiger partial charge is 0.490 e. The van der Waals surface area contributed by atoms with Gasteiger partial charge in [0.2, 0.25) is 0 Å². The van der Waals surface area contributed by atoms with E-state index in [9.17, 15) is 14.0 Å². The Bertz CT molecular complexity index is 1320. The van der Waals surface area contributed by atoms with E-state index in [-0.39, 0.29) is 32.2 Å². The maximum Gasteiger partial charge on any atom is 0.330 e. The Labute approximate surface area is 227 Å². The lowest BCUT2D eigenvalue weighted by Crippen LogP contribution is -2.10. The van der Waals surface area contributed by atoms with Crippen molar-refractivity contribution in [1.29, 1.82) is 0 Å². The molecule has 0 radical (unpaired) electrons. The van der Waals surface area contributed by atoms with Crippen molar-refractivity contribution in [2.24, 2.45) is 0 Å². The molecular weight excluding hydrogens is 499 g/mol. The van der Waals surface area contributed by atoms with Gasteiger partial charge in [-0.05, 0) is 47.0 Å². The highest BCUT2D eigenvalue weighted by Gasteiger charge is 2.01. The van der Waals surface area contributed by atoms with Crippen molar-refractivity contribution in [1.82, 2.24) is 0 Å². The lowest BCUT2D eigenvalue weighted by Gasteiger charge is -2.06. The van der Waals surface area contributed by atoms with Gasteiger partial charge in [0.25, 0.3) is 0 Å². The molecule has 0 saturated carbocycles. The van der Waals surface area contributed by atoms with E-state index in [0.29, 0.717) is 17.1 Å². The fourth-order valence-electron chi connectivity index (χ4n) is 3.23. The van der Waals surface area contributed by atoms with Crippen LogP contribution in [-0.4, -0.2) is 38.4 Å². The molecule has 0 spiro atoms. The smallest absolute Gasteiger partial charge is 0.330 e. The van der Waals surface area contributed by atoms with Gasteiger partial charge in [-0.25, -0.2) is 14.0 Å². The normalized spacial score (nSPS) is 10.8. The molecule has 0 N–H and O–H groups in total. The molecule has 3 aromatic rings. The topological polar surface area (TPSA) is 71.1 Å². The van der Waals surface area contributed by atoms with Crippen molar-refractivity contribution >= 4 is 36.2 Å². The first-order chi connectivity index (χ1) is 19.0. The summed E-state index contributed by atoms with van der Waals surface area (Å²) in [5.41, 5.74) is 3.01. The van der Waals surface area contributed by atoms with Gasteiger partial charge in [0.1, 0.15) is 43.7 Å². The first-order valence-corrected chi connectivity index (χ1v) is 12.2. The number of hydrogen-bond donors (Lipinski definition) is 0. The molecule has 200 valence electrons. The second kappa shape index (κ2) is 15.4. The van der Waals surface area contributed by atoms with Crippen LogP contribution >= 0.6 is 0 Å². The van der Waals surface area contributed by atoms with Gasteiger partial charge in [-0.2, -0.15) is 0 Å². The van der Waals surface area contributed by atoms with E-state index in [1.54, 1.807) is 24.3 Å². The Hall–Kier alpha value is -4.91. The van der Waals surface area contributed by atoms with Crippen molar-refractivity contribution in [3.8, 4) is 11.5 Å². The zero-order chi connectivity index (χ0) is 27.9. The summed E-state index contributed by atoms with van der Waals surface area (Å²) < 4.78 is 35.4. The summed E-state index contributed by atoms with van der Waals surface area (Å²) >= 11 is 0. The lowest BCUT2D eigenvalue weighted by atomic mass is 10.1. The van der Waals surface area contributed by atoms with Gasteiger partial charge >= 0.3 is 11.9 Å². The predicted octanol–water partition coefficient (Wildman–Crippen LogP) is 6.38. The Morgan fingerprint density at radius 2 is 1.05 bits per heavy atom. The number of ether oxygens (including phenoxy) is 4. The van der Waals surface area contributed by atoms with Crippen molar-refractivity contribution in [2.45, 2.75) is 0 Å². The van der Waals surface area contributed by atoms with Crippen molar-refractivity contribution in [3.63, 3.8) is 0 Å². The maximum absolute atomic E-state index is 14.7. The fourth-order valence-corrected chi connectivity index (χ4v) is 3.23. The quantitative estimate of drug-likeness (QED) is 0.105. The van der Waals surface area contributed by atoms with Gasteiger partial charge in [-0.15, -0.1) is 0 Å². The molecular formula is C32H29FO6. The van der Waals surface area contributed by atoms with Gasteiger partial charge < -0.3 is 18.9 Å². The van der Waals surface area contributed by atoms with Crippen molar-refractivity contribution in [2.75, 3.05) is 26.4 Å². The molecule has 0 aliphatic rings. The first-order valence-electron chi connectivity index (χ1n) is 12.2. The summed E-state index contributed by atoms with van der Waals surface area (Å²) in [7, 11) is 0. The number of hydrogen-bond acceptors (Lipinski definition) is 6. The average molecular weight is 529 g/mol. The van der Waals surface area contributed by atoms with Crippen LogP contribution < -0.4 is 9.47 Å². The molecule has 0 heterocycles. The number of carbonyl (C=O) groups is 2. The zero-order valence-corrected chi connectivity index (χ0v) is 21.4. The van der Waals surface area contributed by atoms with Crippen LogP contribution in [0.5, 0.6) is 11.5 Å². The Morgan fingerprint density at radius 1 is 0.615 bits per heavy atom. The Morgan fingerprint density at radius 3 is 1.51 bits per heavy atom. The minimum atomic E-state index is -0.490. The summed E-state index contributed by atoms with van der Waals surface area (Å²) in [6.07, 6.45) is 9.45. The standard InChI is InChI=1S/C32H29FO6/c1-3-31(34)38-21-19-36-28-15-9-24(10-16-28)5-6-26-8-14-27(30(33)23-26)13-7-25-11-17-29(18-12-25)37-20-22-39-32(35)4-2/h3-18,23H,1-2,19-22H2/b6-5+,13-7+. The SMILES string of the molecule is C=CC(=O)OCCOc1ccc(/C=C/c2ccc(/C=C/c3ccc(OCCOC(=O)C=C)cc3)c(F)c2)cc1. The molecule has 3 aromatic carbocycles. The van der Waals surface area contributed by atoms with Crippen LogP contribution in [0, 0.1) is 5.82 Å². The van der Waals surface area contributed by atoms with Crippen LogP contribution in [0.15, 0.2) is 92.0 Å². The molecule has 0 saturated heterocycles. The van der Waals surface area contributed by atoms with E-state index in [2.05, 4.69) is 13.2 Å². The third-order valence-corrected chi connectivity index (χ3v) is 5.23. The third kappa shape index (κ3) is 10.2. The summed E-state index contributed by atoms with van der Waals surface area (Å²) in [6, 6.07) is 19.7. The highest BCUT2D eigenvalue weighted by Crippen LogP contribution is 2.19. The van der Waals surface area contributed by atoms with E-state index in [4.69, 9.17) is 18.9 Å². The molecule has 7 heteroatoms. The van der Waals surface area contributed by atoms with Gasteiger partial charge in [0, 0.05) is 17.7 Å². The van der Waals surface area contributed by atoms with Gasteiger partial charge in [0.05, 0.1) is 0 Å². The summed E-state index contributed by atoms with van der Waals surface area (Å²) in [5, 5.41) is 0. The molecule has 6 nitrogen and oxygen atoms in total. The van der Waals surface area contributed by atoms with E-state index in [0.717, 1.165) is 28.8 Å². The van der Waals surface area contributed by atoms with Crippen molar-refractivity contribution in [3.05, 3.63) is 120 Å². The number of esters is 2. The van der Waals surface area contributed by atoms with Crippen LogP contribution in [0.4, 0.5) is 4.39 Å². The highest BCUT2D eigenvalue weighted by molar-refractivity contribution is 5.81. The highest BCUT2D eigenvalue weighted by atomic mass is 19.1. The molecule has 0 bridgehead atoms. The first kappa shape index (κ1) is 28.7. The van der Waals surface area contributed by atoms with Crippen LogP contribution in [-0.2, 0) is 19.1 Å². The molecule has 0 amide bonds. The molecule has 0 aromatic heterocycles. The summed E-state index contributed by atoms with van der Waals surface area (Å²) in [4.78, 5) is 22.0. The number of benzene rings is 3. The van der Waals surface area contributed by atoms with E-state index >= 15 is 0 Å². The summed E-state index contributed by atoms with van der Waals surface area (Å²) in [5.74, 6) is -0.0193. The molecule has 0 aliphatic carbocycles. The molecule has 39 heavy (non-hydrogen) atoms. The molecule has 0 unspecified atom stereocenters.